The molecule has 0 saturated carbocycles. The van der Waals surface area contributed by atoms with Crippen LogP contribution in [-0.4, -0.2) is 50.2 Å². The molecule has 24 heavy (non-hydrogen) atoms. The zero-order valence-corrected chi connectivity index (χ0v) is 14.5. The average Bonchev–Trinajstić information content (AvgIpc) is 2.98. The smallest absolute Gasteiger partial charge is 0.322 e. The fourth-order valence-electron chi connectivity index (χ4n) is 3.21. The van der Waals surface area contributed by atoms with Crippen molar-refractivity contribution in [3.8, 4) is 5.69 Å². The van der Waals surface area contributed by atoms with Crippen molar-refractivity contribution < 1.29 is 9.53 Å². The molecule has 128 valence electrons. The number of hydrogen-bond donors (Lipinski definition) is 1. The lowest BCUT2D eigenvalue weighted by Gasteiger charge is -2.46. The highest BCUT2D eigenvalue weighted by molar-refractivity contribution is 5.89. The van der Waals surface area contributed by atoms with Gasteiger partial charge < -0.3 is 15.0 Å². The molecule has 2 amide bonds. The lowest BCUT2D eigenvalue weighted by atomic mass is 9.99. The molecule has 0 bridgehead atoms. The average molecular weight is 329 g/mol. The molecule has 2 aromatic rings. The zero-order chi connectivity index (χ0) is 17.4. The maximum atomic E-state index is 12.7. The first-order valence-corrected chi connectivity index (χ1v) is 7.97. The monoisotopic (exact) mass is 329 g/mol. The molecule has 3 rings (SSSR count). The number of carbonyl (C=O) groups excluding carboxylic acids is 1. The van der Waals surface area contributed by atoms with Gasteiger partial charge in [0.25, 0.3) is 0 Å². The van der Waals surface area contributed by atoms with Crippen molar-refractivity contribution in [1.82, 2.24) is 19.9 Å². The van der Waals surface area contributed by atoms with E-state index < -0.39 is 0 Å². The molecule has 2 heterocycles. The van der Waals surface area contributed by atoms with Crippen molar-refractivity contribution in [2.75, 3.05) is 18.4 Å². The summed E-state index contributed by atoms with van der Waals surface area (Å²) in [5.74, 6) is 0. The van der Waals surface area contributed by atoms with Crippen LogP contribution in [0.2, 0.25) is 0 Å². The minimum Gasteiger partial charge on any atom is -0.366 e. The lowest BCUT2D eigenvalue weighted by molar-refractivity contribution is -0.169. The summed E-state index contributed by atoms with van der Waals surface area (Å²) in [5.41, 5.74) is 0.812. The number of nitrogens with zero attached hydrogens (tertiary/aromatic N) is 4. The van der Waals surface area contributed by atoms with Crippen LogP contribution in [0, 0.1) is 0 Å². The summed E-state index contributed by atoms with van der Waals surface area (Å²) in [6.07, 6.45) is 3.37. The van der Waals surface area contributed by atoms with Crippen LogP contribution in [0.5, 0.6) is 0 Å². The summed E-state index contributed by atoms with van der Waals surface area (Å²) in [6, 6.07) is 7.37. The van der Waals surface area contributed by atoms with Crippen molar-refractivity contribution in [2.24, 2.45) is 0 Å². The van der Waals surface area contributed by atoms with Gasteiger partial charge in [-0.2, -0.15) is 0 Å². The summed E-state index contributed by atoms with van der Waals surface area (Å²) in [7, 11) is 0. The Hall–Kier alpha value is -2.41. The highest BCUT2D eigenvalue weighted by atomic mass is 16.5. The van der Waals surface area contributed by atoms with E-state index in [1.54, 1.807) is 22.0 Å². The van der Waals surface area contributed by atoms with Gasteiger partial charge in [-0.1, -0.05) is 11.3 Å². The Bertz CT molecular complexity index is 708. The Balaban J connectivity index is 1.74. The standard InChI is InChI=1S/C17H23N5O2/c1-16(2)11-21(12-17(3,4)24-16)15(23)19-13-6-5-7-14(10-13)22-9-8-18-20-22/h5-10H,11-12H2,1-4H3,(H,19,23). The third-order valence-corrected chi connectivity index (χ3v) is 3.77. The predicted molar refractivity (Wildman–Crippen MR) is 91.2 cm³/mol. The molecular weight excluding hydrogens is 306 g/mol. The SMILES string of the molecule is CC1(C)CN(C(=O)Nc2cccc(-n3ccnn3)c2)CC(C)(C)O1. The maximum absolute atomic E-state index is 12.7. The second-order valence-electron chi connectivity index (χ2n) is 7.31. The third-order valence-electron chi connectivity index (χ3n) is 3.77. The van der Waals surface area contributed by atoms with E-state index in [-0.39, 0.29) is 17.2 Å². The van der Waals surface area contributed by atoms with E-state index in [2.05, 4.69) is 15.6 Å². The minimum absolute atomic E-state index is 0.129. The summed E-state index contributed by atoms with van der Waals surface area (Å²) in [5, 5.41) is 10.7. The third kappa shape index (κ3) is 3.73. The second kappa shape index (κ2) is 5.90. The van der Waals surface area contributed by atoms with Crippen molar-refractivity contribution in [3.05, 3.63) is 36.7 Å². The summed E-state index contributed by atoms with van der Waals surface area (Å²) >= 11 is 0. The molecule has 1 fully saturated rings. The molecule has 0 radical (unpaired) electrons. The number of anilines is 1. The van der Waals surface area contributed by atoms with E-state index in [0.29, 0.717) is 13.1 Å². The number of morpholine rings is 1. The fraction of sp³-hybridized carbons (Fsp3) is 0.471. The van der Waals surface area contributed by atoms with E-state index in [0.717, 1.165) is 11.4 Å². The lowest BCUT2D eigenvalue weighted by Crippen LogP contribution is -2.59. The molecule has 1 aliphatic heterocycles. The molecule has 1 saturated heterocycles. The highest BCUT2D eigenvalue weighted by Gasteiger charge is 2.40. The van der Waals surface area contributed by atoms with Gasteiger partial charge in [0.2, 0.25) is 0 Å². The normalized spacial score (nSPS) is 19.1. The minimum atomic E-state index is -0.373. The van der Waals surface area contributed by atoms with Crippen LogP contribution in [0.3, 0.4) is 0 Å². The largest absolute Gasteiger partial charge is 0.366 e. The number of rotatable bonds is 2. The molecule has 1 aromatic carbocycles. The number of hydrogen-bond acceptors (Lipinski definition) is 4. The van der Waals surface area contributed by atoms with E-state index >= 15 is 0 Å². The van der Waals surface area contributed by atoms with Crippen LogP contribution < -0.4 is 5.32 Å². The molecular formula is C17H23N5O2. The Kier molecular flexibility index (Phi) is 4.04. The Morgan fingerprint density at radius 1 is 1.21 bits per heavy atom. The summed E-state index contributed by atoms with van der Waals surface area (Å²) in [6.45, 7) is 9.09. The fourth-order valence-corrected chi connectivity index (χ4v) is 3.21. The van der Waals surface area contributed by atoms with E-state index in [1.807, 2.05) is 52.0 Å². The van der Waals surface area contributed by atoms with Gasteiger partial charge in [-0.15, -0.1) is 5.10 Å². The Labute approximate surface area is 141 Å². The van der Waals surface area contributed by atoms with Gasteiger partial charge in [0, 0.05) is 5.69 Å². The molecule has 0 aliphatic carbocycles. The van der Waals surface area contributed by atoms with E-state index in [9.17, 15) is 4.79 Å². The number of ether oxygens (including phenoxy) is 1. The number of urea groups is 1. The van der Waals surface area contributed by atoms with Crippen molar-refractivity contribution in [1.29, 1.82) is 0 Å². The molecule has 7 heteroatoms. The number of amides is 2. The van der Waals surface area contributed by atoms with Gasteiger partial charge in [-0.3, -0.25) is 0 Å². The van der Waals surface area contributed by atoms with Crippen LogP contribution in [0.1, 0.15) is 27.7 Å². The van der Waals surface area contributed by atoms with Gasteiger partial charge in [-0.25, -0.2) is 9.48 Å². The van der Waals surface area contributed by atoms with Crippen molar-refractivity contribution >= 4 is 11.7 Å². The van der Waals surface area contributed by atoms with Gasteiger partial charge in [0.05, 0.1) is 42.4 Å². The van der Waals surface area contributed by atoms with E-state index in [1.165, 1.54) is 0 Å². The quantitative estimate of drug-likeness (QED) is 0.919. The first kappa shape index (κ1) is 16.4. The molecule has 0 atom stereocenters. The van der Waals surface area contributed by atoms with Crippen LogP contribution in [0.4, 0.5) is 10.5 Å². The van der Waals surface area contributed by atoms with Crippen molar-refractivity contribution in [2.45, 2.75) is 38.9 Å². The maximum Gasteiger partial charge on any atom is 0.322 e. The molecule has 0 unspecified atom stereocenters. The number of nitrogens with one attached hydrogen (secondary N) is 1. The Morgan fingerprint density at radius 3 is 2.54 bits per heavy atom. The van der Waals surface area contributed by atoms with Gasteiger partial charge in [0.1, 0.15) is 0 Å². The topological polar surface area (TPSA) is 72.3 Å². The van der Waals surface area contributed by atoms with Crippen LogP contribution in [0.25, 0.3) is 5.69 Å². The van der Waals surface area contributed by atoms with Gasteiger partial charge in [0.15, 0.2) is 0 Å². The van der Waals surface area contributed by atoms with Gasteiger partial charge in [-0.05, 0) is 45.9 Å². The molecule has 0 spiro atoms. The van der Waals surface area contributed by atoms with Crippen LogP contribution in [0.15, 0.2) is 36.7 Å². The highest BCUT2D eigenvalue weighted by Crippen LogP contribution is 2.28. The second-order valence-corrected chi connectivity index (χ2v) is 7.31. The Morgan fingerprint density at radius 2 is 1.92 bits per heavy atom. The number of aromatic nitrogens is 3. The number of carbonyl (C=O) groups is 1. The molecule has 1 aliphatic rings. The first-order chi connectivity index (χ1) is 11.2. The number of benzene rings is 1. The van der Waals surface area contributed by atoms with Crippen LogP contribution >= 0.6 is 0 Å². The van der Waals surface area contributed by atoms with E-state index in [4.69, 9.17) is 4.74 Å². The molecule has 1 aromatic heterocycles. The first-order valence-electron chi connectivity index (χ1n) is 7.97. The molecule has 1 N–H and O–H groups in total. The molecule has 7 nitrogen and oxygen atoms in total. The van der Waals surface area contributed by atoms with Crippen LogP contribution in [-0.2, 0) is 4.74 Å². The zero-order valence-electron chi connectivity index (χ0n) is 14.5. The summed E-state index contributed by atoms with van der Waals surface area (Å²) < 4.78 is 7.67. The summed E-state index contributed by atoms with van der Waals surface area (Å²) in [4.78, 5) is 14.5. The predicted octanol–water partition coefficient (Wildman–Crippen LogP) is 2.69. The van der Waals surface area contributed by atoms with Gasteiger partial charge >= 0.3 is 6.03 Å². The van der Waals surface area contributed by atoms with Crippen molar-refractivity contribution in [3.63, 3.8) is 0 Å².